The highest BCUT2D eigenvalue weighted by molar-refractivity contribution is 5.70. The van der Waals surface area contributed by atoms with Crippen molar-refractivity contribution < 1.29 is 23.8 Å². The third-order valence-electron chi connectivity index (χ3n) is 12.3. The number of hydrogen-bond acceptors (Lipinski definition) is 5. The quantitative estimate of drug-likeness (QED) is 0.0345. The fourth-order valence-electron chi connectivity index (χ4n) is 7.93. The minimum atomic E-state index is -0.587. The largest absolute Gasteiger partial charge is 0.462 e. The molecule has 70 heavy (non-hydrogen) atoms. The molecule has 0 aliphatic heterocycles. The molecule has 0 amide bonds. The van der Waals surface area contributed by atoms with Gasteiger partial charge in [0.15, 0.2) is 6.10 Å². The number of allylic oxidation sites excluding steroid dienone is 17. The second kappa shape index (κ2) is 59.9. The summed E-state index contributed by atoms with van der Waals surface area (Å²) in [6, 6.07) is 0. The molecule has 5 nitrogen and oxygen atoms in total. The van der Waals surface area contributed by atoms with E-state index < -0.39 is 6.10 Å². The summed E-state index contributed by atoms with van der Waals surface area (Å²) in [5, 5.41) is 0. The van der Waals surface area contributed by atoms with Gasteiger partial charge in [-0.25, -0.2) is 0 Å². The van der Waals surface area contributed by atoms with Gasteiger partial charge >= 0.3 is 11.9 Å². The summed E-state index contributed by atoms with van der Waals surface area (Å²) in [4.78, 5) is 25.6. The fourth-order valence-corrected chi connectivity index (χ4v) is 7.93. The highest BCUT2D eigenvalue weighted by Crippen LogP contribution is 2.15. The summed E-state index contributed by atoms with van der Waals surface area (Å²) in [5.41, 5.74) is 0. The maximum atomic E-state index is 12.9. The van der Waals surface area contributed by atoms with Crippen LogP contribution in [0, 0.1) is 0 Å². The number of esters is 2. The lowest BCUT2D eigenvalue weighted by molar-refractivity contribution is -0.162. The van der Waals surface area contributed by atoms with E-state index in [1.807, 2.05) is 0 Å². The molecule has 400 valence electrons. The average Bonchev–Trinajstić information content (AvgIpc) is 3.36. The minimum absolute atomic E-state index is 0.0467. The number of carbonyl (C=O) groups is 2. The molecule has 0 saturated heterocycles. The molecular weight excluding hydrogens is 861 g/mol. The Morgan fingerprint density at radius 1 is 0.329 bits per heavy atom. The minimum Gasteiger partial charge on any atom is -0.462 e. The van der Waals surface area contributed by atoms with Crippen molar-refractivity contribution in [3.8, 4) is 0 Å². The van der Waals surface area contributed by atoms with Crippen LogP contribution in [0.25, 0.3) is 0 Å². The van der Waals surface area contributed by atoms with Crippen molar-refractivity contribution in [2.75, 3.05) is 19.8 Å². The second-order valence-corrected chi connectivity index (χ2v) is 19.2. The monoisotopic (exact) mass is 971 g/mol. The van der Waals surface area contributed by atoms with Crippen molar-refractivity contribution in [2.45, 2.75) is 271 Å². The molecule has 5 heteroatoms. The van der Waals surface area contributed by atoms with Crippen LogP contribution in [0.4, 0.5) is 0 Å². The van der Waals surface area contributed by atoms with E-state index in [0.717, 1.165) is 89.9 Å². The summed E-state index contributed by atoms with van der Waals surface area (Å²) in [6.45, 7) is 7.46. The van der Waals surface area contributed by atoms with Gasteiger partial charge in [-0.2, -0.15) is 0 Å². The Kier molecular flexibility index (Phi) is 56.9. The molecule has 0 fully saturated rings. The average molecular weight is 972 g/mol. The van der Waals surface area contributed by atoms with Crippen LogP contribution in [0.5, 0.6) is 0 Å². The maximum absolute atomic E-state index is 12.9. The lowest BCUT2D eigenvalue weighted by Crippen LogP contribution is -2.30. The highest BCUT2D eigenvalue weighted by atomic mass is 16.6. The predicted octanol–water partition coefficient (Wildman–Crippen LogP) is 20.3. The van der Waals surface area contributed by atoms with Crippen LogP contribution >= 0.6 is 0 Å². The van der Waals surface area contributed by atoms with Gasteiger partial charge in [0.25, 0.3) is 0 Å². The second-order valence-electron chi connectivity index (χ2n) is 19.2. The van der Waals surface area contributed by atoms with Gasteiger partial charge in [-0.05, 0) is 116 Å². The van der Waals surface area contributed by atoms with Crippen molar-refractivity contribution in [2.24, 2.45) is 0 Å². The number of hydrogen-bond donors (Lipinski definition) is 0. The molecule has 0 aromatic heterocycles. The molecule has 0 aromatic carbocycles. The van der Waals surface area contributed by atoms with E-state index in [4.69, 9.17) is 14.2 Å². The molecule has 1 atom stereocenters. The first-order valence-corrected chi connectivity index (χ1v) is 29.4. The van der Waals surface area contributed by atoms with Gasteiger partial charge in [-0.1, -0.05) is 246 Å². The van der Waals surface area contributed by atoms with E-state index in [1.165, 1.54) is 141 Å². The van der Waals surface area contributed by atoms with Gasteiger partial charge in [0.05, 0.1) is 13.2 Å². The Morgan fingerprint density at radius 2 is 0.643 bits per heavy atom. The van der Waals surface area contributed by atoms with Crippen molar-refractivity contribution in [1.82, 2.24) is 0 Å². The SMILES string of the molecule is CC/C=C\C/C=C\C/C=C\C/C=C\C/C=C\CCOCC(COC(=O)CCCCCCCCCCC/C=C\C/C=C\CCCCC)OC(=O)CCCCCCCCCCC/C=C\C/C=C\CCCCC. The van der Waals surface area contributed by atoms with Gasteiger partial charge in [0.1, 0.15) is 6.61 Å². The van der Waals surface area contributed by atoms with Crippen molar-refractivity contribution in [3.63, 3.8) is 0 Å². The van der Waals surface area contributed by atoms with Gasteiger partial charge in [0, 0.05) is 12.8 Å². The Balaban J connectivity index is 4.38. The number of carbonyl (C=O) groups excluding carboxylic acids is 2. The molecule has 0 bridgehead atoms. The van der Waals surface area contributed by atoms with E-state index in [2.05, 4.69) is 130 Å². The van der Waals surface area contributed by atoms with Crippen LogP contribution in [0.2, 0.25) is 0 Å². The van der Waals surface area contributed by atoms with Gasteiger partial charge < -0.3 is 14.2 Å². The maximum Gasteiger partial charge on any atom is 0.306 e. The molecule has 0 N–H and O–H groups in total. The zero-order chi connectivity index (χ0) is 50.6. The Labute approximate surface area is 434 Å². The number of ether oxygens (including phenoxy) is 3. The normalized spacial score (nSPS) is 13.0. The number of unbranched alkanes of at least 4 members (excludes halogenated alkanes) is 24. The van der Waals surface area contributed by atoms with Crippen LogP contribution < -0.4 is 0 Å². The molecular formula is C65H110O5. The predicted molar refractivity (Wildman–Crippen MR) is 306 cm³/mol. The summed E-state index contributed by atoms with van der Waals surface area (Å²) in [6.07, 6.45) is 82.7. The molecule has 0 saturated carbocycles. The zero-order valence-electron chi connectivity index (χ0n) is 46.0. The van der Waals surface area contributed by atoms with E-state index in [1.54, 1.807) is 0 Å². The first-order chi connectivity index (χ1) is 34.6. The van der Waals surface area contributed by atoms with Crippen molar-refractivity contribution >= 4 is 11.9 Å². The van der Waals surface area contributed by atoms with Gasteiger partial charge in [-0.15, -0.1) is 0 Å². The van der Waals surface area contributed by atoms with Crippen LogP contribution in [0.3, 0.4) is 0 Å². The summed E-state index contributed by atoms with van der Waals surface area (Å²) in [7, 11) is 0. The van der Waals surface area contributed by atoms with Crippen molar-refractivity contribution in [1.29, 1.82) is 0 Å². The fraction of sp³-hybridized carbons (Fsp3) is 0.692. The topological polar surface area (TPSA) is 61.8 Å². The number of rotatable bonds is 53. The first-order valence-electron chi connectivity index (χ1n) is 29.4. The lowest BCUT2D eigenvalue weighted by Gasteiger charge is -2.18. The Morgan fingerprint density at radius 3 is 1.03 bits per heavy atom. The molecule has 0 aliphatic carbocycles. The molecule has 0 aliphatic rings. The van der Waals surface area contributed by atoms with Crippen LogP contribution in [-0.4, -0.2) is 37.9 Å². The van der Waals surface area contributed by atoms with E-state index in [0.29, 0.717) is 19.4 Å². The molecule has 0 aromatic rings. The van der Waals surface area contributed by atoms with Gasteiger partial charge in [-0.3, -0.25) is 9.59 Å². The van der Waals surface area contributed by atoms with Crippen LogP contribution in [0.15, 0.2) is 109 Å². The first kappa shape index (κ1) is 66.6. The highest BCUT2D eigenvalue weighted by Gasteiger charge is 2.17. The van der Waals surface area contributed by atoms with E-state index >= 15 is 0 Å². The van der Waals surface area contributed by atoms with Gasteiger partial charge in [0.2, 0.25) is 0 Å². The third-order valence-corrected chi connectivity index (χ3v) is 12.3. The molecule has 0 radical (unpaired) electrons. The molecule has 1 unspecified atom stereocenters. The smallest absolute Gasteiger partial charge is 0.306 e. The molecule has 0 spiro atoms. The van der Waals surface area contributed by atoms with E-state index in [-0.39, 0.29) is 25.2 Å². The zero-order valence-corrected chi connectivity index (χ0v) is 46.0. The summed E-state index contributed by atoms with van der Waals surface area (Å²) >= 11 is 0. The lowest BCUT2D eigenvalue weighted by atomic mass is 10.1. The molecule has 0 heterocycles. The van der Waals surface area contributed by atoms with Crippen LogP contribution in [-0.2, 0) is 23.8 Å². The van der Waals surface area contributed by atoms with Crippen molar-refractivity contribution in [3.05, 3.63) is 109 Å². The Hall–Kier alpha value is -3.44. The summed E-state index contributed by atoms with van der Waals surface area (Å²) in [5.74, 6) is -0.446. The van der Waals surface area contributed by atoms with E-state index in [9.17, 15) is 9.59 Å². The summed E-state index contributed by atoms with van der Waals surface area (Å²) < 4.78 is 17.4. The third kappa shape index (κ3) is 57.1. The van der Waals surface area contributed by atoms with Crippen LogP contribution in [0.1, 0.15) is 265 Å². The standard InChI is InChI=1S/C65H110O5/c1-4-7-10-13-16-19-22-25-28-31-33-35-37-40-43-46-49-52-55-58-64(66)69-62-63(61-68-60-57-54-51-48-45-42-39-30-27-24-21-18-15-12-9-6-3)70-65(67)59-56-53-50-47-44-41-38-36-34-32-29-26-23-20-17-14-11-8-5-2/h9,12,16-21,25-30,42,45,51,54,63H,4-8,10-11,13-15,22-24,31-41,43-44,46-50,52-53,55-62H2,1-3H3/b12-9-,19-16-,20-17-,21-18-,28-25-,29-26-,30-27-,45-42-,54-51-. The Bertz CT molecular complexity index is 1380. The molecule has 0 rings (SSSR count).